The Labute approximate surface area is 221 Å². The maximum absolute atomic E-state index is 13.0. The normalized spacial score (nSPS) is 14.6. The van der Waals surface area contributed by atoms with Crippen molar-refractivity contribution in [2.45, 2.75) is 45.8 Å². The third-order valence-corrected chi connectivity index (χ3v) is 7.65. The third kappa shape index (κ3) is 6.01. The number of carbonyl (C=O) groups excluding carboxylic acids is 1. The number of ether oxygens (including phenoxy) is 2. The standard InChI is InChI=1S/C28H32BN3O4S/c1-3-32-25-13-16-37-27(25)18-26(32)28(33)30-21-6-4-5-20(17-21)19-35-22-7-9-23(10-8-22)36-24-11-14-31(15-12-24)29(2)34/h4-10,13,16-18,24,34H,3,11-12,14-15,19H2,1-2H3,(H,30,33). The summed E-state index contributed by atoms with van der Waals surface area (Å²) in [6.07, 6.45) is 1.97. The topological polar surface area (TPSA) is 76.0 Å². The smallest absolute Gasteiger partial charge is 0.376 e. The predicted molar refractivity (Wildman–Crippen MR) is 150 cm³/mol. The summed E-state index contributed by atoms with van der Waals surface area (Å²) < 4.78 is 15.3. The highest BCUT2D eigenvalue weighted by Gasteiger charge is 2.25. The van der Waals surface area contributed by atoms with Gasteiger partial charge in [-0.05, 0) is 99.2 Å². The van der Waals surface area contributed by atoms with Crippen molar-refractivity contribution in [1.82, 2.24) is 9.38 Å². The van der Waals surface area contributed by atoms with Crippen molar-refractivity contribution in [2.24, 2.45) is 0 Å². The SMILES string of the molecule is CCn1c(C(=O)Nc2cccc(COc3ccc(OC4CCN(B(C)O)CC4)cc3)c2)cc2sccc21. The zero-order chi connectivity index (χ0) is 25.8. The van der Waals surface area contributed by atoms with E-state index in [1.165, 1.54) is 0 Å². The molecule has 0 bridgehead atoms. The maximum Gasteiger partial charge on any atom is 0.376 e. The van der Waals surface area contributed by atoms with Gasteiger partial charge in [-0.25, -0.2) is 0 Å². The number of nitrogens with one attached hydrogen (secondary N) is 1. The average molecular weight is 517 g/mol. The number of carbonyl (C=O) groups is 1. The molecule has 1 saturated heterocycles. The first kappa shape index (κ1) is 25.4. The lowest BCUT2D eigenvalue weighted by Crippen LogP contribution is -2.45. The number of piperidine rings is 1. The first-order valence-corrected chi connectivity index (χ1v) is 13.7. The molecule has 7 nitrogen and oxygen atoms in total. The van der Waals surface area contributed by atoms with Crippen molar-refractivity contribution in [2.75, 3.05) is 18.4 Å². The van der Waals surface area contributed by atoms with E-state index in [9.17, 15) is 9.82 Å². The van der Waals surface area contributed by atoms with E-state index < -0.39 is 7.05 Å². The van der Waals surface area contributed by atoms with E-state index in [1.807, 2.05) is 71.5 Å². The quantitative estimate of drug-likeness (QED) is 0.287. The van der Waals surface area contributed by atoms with Crippen LogP contribution in [-0.4, -0.2) is 46.6 Å². The number of anilines is 1. The van der Waals surface area contributed by atoms with E-state index in [0.717, 1.165) is 65.4 Å². The predicted octanol–water partition coefficient (Wildman–Crippen LogP) is 5.51. The molecule has 4 aromatic rings. The van der Waals surface area contributed by atoms with Crippen LogP contribution in [0.2, 0.25) is 6.82 Å². The van der Waals surface area contributed by atoms with E-state index in [2.05, 4.69) is 16.2 Å². The molecule has 1 fully saturated rings. The van der Waals surface area contributed by atoms with E-state index in [1.54, 1.807) is 18.2 Å². The van der Waals surface area contributed by atoms with Crippen molar-refractivity contribution >= 4 is 40.2 Å². The minimum Gasteiger partial charge on any atom is -0.490 e. The number of rotatable bonds is 9. The van der Waals surface area contributed by atoms with Crippen molar-refractivity contribution < 1.29 is 19.3 Å². The summed E-state index contributed by atoms with van der Waals surface area (Å²) in [5.74, 6) is 1.46. The Morgan fingerprint density at radius 1 is 1.11 bits per heavy atom. The highest BCUT2D eigenvalue weighted by atomic mass is 32.1. The summed E-state index contributed by atoms with van der Waals surface area (Å²) in [5, 5.41) is 14.8. The van der Waals surface area contributed by atoms with Crippen LogP contribution < -0.4 is 14.8 Å². The molecule has 0 radical (unpaired) electrons. The zero-order valence-corrected chi connectivity index (χ0v) is 22.0. The van der Waals surface area contributed by atoms with Crippen molar-refractivity contribution in [3.63, 3.8) is 0 Å². The Hall–Kier alpha value is -3.27. The van der Waals surface area contributed by atoms with Crippen molar-refractivity contribution in [1.29, 1.82) is 0 Å². The molecule has 0 saturated carbocycles. The van der Waals surface area contributed by atoms with Crippen LogP contribution in [0.1, 0.15) is 35.8 Å². The van der Waals surface area contributed by atoms with Gasteiger partial charge in [0.15, 0.2) is 0 Å². The van der Waals surface area contributed by atoms with E-state index >= 15 is 0 Å². The van der Waals surface area contributed by atoms with Crippen LogP contribution in [0, 0.1) is 0 Å². The number of fused-ring (bicyclic) bond motifs is 1. The molecule has 3 heterocycles. The highest BCUT2D eigenvalue weighted by Crippen LogP contribution is 2.26. The number of amides is 1. The van der Waals surface area contributed by atoms with Gasteiger partial charge < -0.3 is 29.2 Å². The second-order valence-electron chi connectivity index (χ2n) is 9.34. The molecule has 1 aliphatic heterocycles. The Morgan fingerprint density at radius 2 is 1.86 bits per heavy atom. The van der Waals surface area contributed by atoms with Gasteiger partial charge in [-0.3, -0.25) is 4.79 Å². The monoisotopic (exact) mass is 517 g/mol. The molecule has 2 N–H and O–H groups in total. The van der Waals surface area contributed by atoms with Gasteiger partial charge in [-0.1, -0.05) is 12.1 Å². The molecule has 2 aromatic carbocycles. The number of hydrogen-bond acceptors (Lipinski definition) is 6. The van der Waals surface area contributed by atoms with Crippen LogP contribution in [0.15, 0.2) is 66.0 Å². The minimum atomic E-state index is -0.403. The third-order valence-electron chi connectivity index (χ3n) is 6.79. The molecule has 0 atom stereocenters. The van der Waals surface area contributed by atoms with Gasteiger partial charge in [0.2, 0.25) is 0 Å². The van der Waals surface area contributed by atoms with Crippen LogP contribution in [-0.2, 0) is 13.2 Å². The van der Waals surface area contributed by atoms with Crippen molar-refractivity contribution in [3.8, 4) is 11.5 Å². The summed E-state index contributed by atoms with van der Waals surface area (Å²) in [6.45, 7) is 6.66. The fourth-order valence-electron chi connectivity index (χ4n) is 4.78. The van der Waals surface area contributed by atoms with Crippen molar-refractivity contribution in [3.05, 3.63) is 77.3 Å². The molecule has 0 spiro atoms. The molecule has 37 heavy (non-hydrogen) atoms. The van der Waals surface area contributed by atoms with E-state index in [-0.39, 0.29) is 12.0 Å². The lowest BCUT2D eigenvalue weighted by molar-refractivity contribution is 0.101. The van der Waals surface area contributed by atoms with Crippen LogP contribution in [0.3, 0.4) is 0 Å². The molecule has 9 heteroatoms. The second-order valence-corrected chi connectivity index (χ2v) is 10.3. The maximum atomic E-state index is 13.0. The first-order chi connectivity index (χ1) is 18.0. The molecule has 1 aliphatic rings. The van der Waals surface area contributed by atoms with Crippen LogP contribution in [0.5, 0.6) is 11.5 Å². The van der Waals surface area contributed by atoms with Gasteiger partial charge in [-0.2, -0.15) is 0 Å². The number of hydrogen-bond donors (Lipinski definition) is 2. The summed E-state index contributed by atoms with van der Waals surface area (Å²) in [5.41, 5.74) is 3.47. The first-order valence-electron chi connectivity index (χ1n) is 12.8. The number of aryl methyl sites for hydroxylation is 1. The molecular formula is C28H32BN3O4S. The molecule has 0 aliphatic carbocycles. The van der Waals surface area contributed by atoms with E-state index in [4.69, 9.17) is 9.47 Å². The molecule has 1 amide bonds. The van der Waals surface area contributed by atoms with Gasteiger partial charge in [0.25, 0.3) is 5.91 Å². The summed E-state index contributed by atoms with van der Waals surface area (Å²) in [6, 6.07) is 19.4. The number of aromatic nitrogens is 1. The Kier molecular flexibility index (Phi) is 7.83. The molecule has 5 rings (SSSR count). The average Bonchev–Trinajstić information content (AvgIpc) is 3.50. The summed E-state index contributed by atoms with van der Waals surface area (Å²) >= 11 is 1.64. The van der Waals surface area contributed by atoms with Crippen LogP contribution >= 0.6 is 11.3 Å². The number of benzene rings is 2. The lowest BCUT2D eigenvalue weighted by atomic mass is 9.82. The molecule has 0 unspecified atom stereocenters. The number of thiophene rings is 1. The van der Waals surface area contributed by atoms with Gasteiger partial charge in [0.1, 0.15) is 29.9 Å². The summed E-state index contributed by atoms with van der Waals surface area (Å²) in [7, 11) is -0.403. The molecule has 192 valence electrons. The second kappa shape index (κ2) is 11.4. The Balaban J connectivity index is 1.14. The fourth-order valence-corrected chi connectivity index (χ4v) is 5.60. The highest BCUT2D eigenvalue weighted by molar-refractivity contribution is 7.17. The summed E-state index contributed by atoms with van der Waals surface area (Å²) in [4.78, 5) is 15.0. The van der Waals surface area contributed by atoms with Gasteiger partial charge in [0.05, 0.1) is 10.2 Å². The van der Waals surface area contributed by atoms with E-state index in [0.29, 0.717) is 12.3 Å². The zero-order valence-electron chi connectivity index (χ0n) is 21.2. The Bertz CT molecular complexity index is 1340. The van der Waals surface area contributed by atoms with Gasteiger partial charge in [-0.15, -0.1) is 11.3 Å². The Morgan fingerprint density at radius 3 is 2.59 bits per heavy atom. The van der Waals surface area contributed by atoms with Crippen LogP contribution in [0.25, 0.3) is 10.2 Å². The van der Waals surface area contributed by atoms with Crippen LogP contribution in [0.4, 0.5) is 5.69 Å². The van der Waals surface area contributed by atoms with Gasteiger partial charge >= 0.3 is 7.05 Å². The number of nitrogens with zero attached hydrogens (tertiary/aromatic N) is 2. The molecular weight excluding hydrogens is 485 g/mol. The van der Waals surface area contributed by atoms with Gasteiger partial charge in [0, 0.05) is 12.2 Å². The minimum absolute atomic E-state index is 0.115. The molecule has 2 aromatic heterocycles. The lowest BCUT2D eigenvalue weighted by Gasteiger charge is -2.32. The largest absolute Gasteiger partial charge is 0.490 e. The fraction of sp³-hybridized carbons (Fsp3) is 0.321.